The first kappa shape index (κ1) is 13.8. The van der Waals surface area contributed by atoms with E-state index in [1.807, 2.05) is 4.90 Å². The number of hydrogen-bond acceptors (Lipinski definition) is 3. The summed E-state index contributed by atoms with van der Waals surface area (Å²) in [5.41, 5.74) is 0. The van der Waals surface area contributed by atoms with Gasteiger partial charge in [0.2, 0.25) is 5.91 Å². The van der Waals surface area contributed by atoms with Gasteiger partial charge in [-0.15, -0.1) is 0 Å². The first-order valence-corrected chi connectivity index (χ1v) is 8.73. The highest BCUT2D eigenvalue weighted by molar-refractivity contribution is 7.92. The maximum Gasteiger partial charge on any atom is 0.225 e. The minimum Gasteiger partial charge on any atom is -0.337 e. The van der Waals surface area contributed by atoms with E-state index < -0.39 is 9.84 Å². The lowest BCUT2D eigenvalue weighted by Gasteiger charge is -2.30. The standard InChI is InChI=1S/C13H23NO3S/c1-3-5-10(6-4-2)13(15)14-8-12-7-11(14)9-18(12,16)17/h10-12H,3-9H2,1-2H3. The summed E-state index contributed by atoms with van der Waals surface area (Å²) in [6.07, 6.45) is 4.53. The van der Waals surface area contributed by atoms with Gasteiger partial charge >= 0.3 is 0 Å². The van der Waals surface area contributed by atoms with Crippen LogP contribution in [-0.2, 0) is 14.6 Å². The lowest BCUT2D eigenvalue weighted by atomic mass is 9.96. The number of amides is 1. The van der Waals surface area contributed by atoms with E-state index in [9.17, 15) is 13.2 Å². The van der Waals surface area contributed by atoms with Gasteiger partial charge in [-0.05, 0) is 19.3 Å². The number of sulfone groups is 1. The van der Waals surface area contributed by atoms with Crippen LogP contribution < -0.4 is 0 Å². The van der Waals surface area contributed by atoms with Gasteiger partial charge in [-0.3, -0.25) is 4.79 Å². The Kier molecular flexibility index (Phi) is 3.99. The highest BCUT2D eigenvalue weighted by Crippen LogP contribution is 2.34. The molecule has 1 amide bonds. The summed E-state index contributed by atoms with van der Waals surface area (Å²) in [6, 6.07) is -0.0382. The molecular weight excluding hydrogens is 250 g/mol. The normalized spacial score (nSPS) is 29.2. The number of hydrogen-bond donors (Lipinski definition) is 0. The summed E-state index contributed by atoms with van der Waals surface area (Å²) >= 11 is 0. The van der Waals surface area contributed by atoms with Gasteiger partial charge in [0.1, 0.15) is 0 Å². The zero-order valence-electron chi connectivity index (χ0n) is 11.3. The van der Waals surface area contributed by atoms with Crippen molar-refractivity contribution in [1.82, 2.24) is 4.90 Å². The predicted octanol–water partition coefficient (Wildman–Crippen LogP) is 1.60. The maximum atomic E-state index is 12.5. The predicted molar refractivity (Wildman–Crippen MR) is 71.0 cm³/mol. The molecule has 4 nitrogen and oxygen atoms in total. The number of nitrogens with zero attached hydrogens (tertiary/aromatic N) is 1. The maximum absolute atomic E-state index is 12.5. The third-order valence-corrected chi connectivity index (χ3v) is 6.42. The Morgan fingerprint density at radius 2 is 1.89 bits per heavy atom. The molecule has 5 heteroatoms. The molecular formula is C13H23NO3S. The van der Waals surface area contributed by atoms with Crippen LogP contribution in [-0.4, -0.2) is 42.8 Å². The van der Waals surface area contributed by atoms with Gasteiger partial charge in [-0.1, -0.05) is 26.7 Å². The first-order chi connectivity index (χ1) is 8.49. The Labute approximate surface area is 110 Å². The smallest absolute Gasteiger partial charge is 0.225 e. The average Bonchev–Trinajstić information content (AvgIpc) is 2.83. The van der Waals surface area contributed by atoms with Gasteiger partial charge in [-0.2, -0.15) is 0 Å². The van der Waals surface area contributed by atoms with Crippen LogP contribution in [0.4, 0.5) is 0 Å². The Bertz CT molecular complexity index is 412. The number of carbonyl (C=O) groups is 1. The number of fused-ring (bicyclic) bond motifs is 2. The summed E-state index contributed by atoms with van der Waals surface area (Å²) in [6.45, 7) is 4.63. The van der Waals surface area contributed by atoms with Crippen LogP contribution >= 0.6 is 0 Å². The van der Waals surface area contributed by atoms with Crippen molar-refractivity contribution in [3.63, 3.8) is 0 Å². The van der Waals surface area contributed by atoms with Crippen LogP contribution in [0.2, 0.25) is 0 Å². The number of rotatable bonds is 5. The second kappa shape index (κ2) is 5.19. The first-order valence-electron chi connectivity index (χ1n) is 7.01. The summed E-state index contributed by atoms with van der Waals surface area (Å²) in [7, 11) is -2.90. The van der Waals surface area contributed by atoms with Gasteiger partial charge in [0.25, 0.3) is 0 Å². The number of carbonyl (C=O) groups excluding carboxylic acids is 1. The van der Waals surface area contributed by atoms with E-state index in [2.05, 4.69) is 13.8 Å². The van der Waals surface area contributed by atoms with E-state index in [4.69, 9.17) is 0 Å². The fraction of sp³-hybridized carbons (Fsp3) is 0.923. The SMILES string of the molecule is CCCC(CCC)C(=O)N1CC2CC1CS2(=O)=O. The molecule has 2 aliphatic rings. The van der Waals surface area contributed by atoms with E-state index in [1.165, 1.54) is 0 Å². The molecule has 2 fully saturated rings. The highest BCUT2D eigenvalue weighted by Gasteiger charge is 2.50. The minimum absolute atomic E-state index is 0.0382. The highest BCUT2D eigenvalue weighted by atomic mass is 32.2. The van der Waals surface area contributed by atoms with Crippen molar-refractivity contribution < 1.29 is 13.2 Å². The van der Waals surface area contributed by atoms with Crippen LogP contribution in [0, 0.1) is 5.92 Å². The molecule has 0 N–H and O–H groups in total. The van der Waals surface area contributed by atoms with Crippen LogP contribution in [0.3, 0.4) is 0 Å². The van der Waals surface area contributed by atoms with E-state index in [-0.39, 0.29) is 28.9 Å². The Morgan fingerprint density at radius 3 is 2.28 bits per heavy atom. The molecule has 2 aliphatic heterocycles. The van der Waals surface area contributed by atoms with Crippen LogP contribution in [0.5, 0.6) is 0 Å². The molecule has 0 radical (unpaired) electrons. The fourth-order valence-corrected chi connectivity index (χ4v) is 5.32. The Morgan fingerprint density at radius 1 is 1.28 bits per heavy atom. The summed E-state index contributed by atoms with van der Waals surface area (Å²) < 4.78 is 23.3. The molecule has 2 unspecified atom stereocenters. The lowest BCUT2D eigenvalue weighted by molar-refractivity contribution is -0.136. The number of likely N-dealkylation sites (tertiary alicyclic amines) is 1. The molecule has 2 rings (SSSR count). The monoisotopic (exact) mass is 273 g/mol. The third-order valence-electron chi connectivity index (χ3n) is 4.22. The zero-order valence-corrected chi connectivity index (χ0v) is 12.1. The van der Waals surface area contributed by atoms with Crippen molar-refractivity contribution >= 4 is 15.7 Å². The van der Waals surface area contributed by atoms with E-state index >= 15 is 0 Å². The molecule has 2 heterocycles. The molecule has 0 aromatic heterocycles. The Balaban J connectivity index is 2.03. The minimum atomic E-state index is -2.90. The molecule has 2 atom stereocenters. The lowest BCUT2D eigenvalue weighted by Crippen LogP contribution is -2.46. The van der Waals surface area contributed by atoms with Crippen molar-refractivity contribution in [2.75, 3.05) is 12.3 Å². The van der Waals surface area contributed by atoms with Crippen molar-refractivity contribution in [3.05, 3.63) is 0 Å². The van der Waals surface area contributed by atoms with E-state index in [0.29, 0.717) is 13.0 Å². The third kappa shape index (κ3) is 2.42. The van der Waals surface area contributed by atoms with E-state index in [1.54, 1.807) is 0 Å². The summed E-state index contributed by atoms with van der Waals surface area (Å²) in [5, 5.41) is -0.282. The Hall–Kier alpha value is -0.580. The average molecular weight is 273 g/mol. The molecule has 0 aromatic carbocycles. The molecule has 0 aromatic rings. The van der Waals surface area contributed by atoms with Crippen LogP contribution in [0.25, 0.3) is 0 Å². The van der Waals surface area contributed by atoms with Crippen LogP contribution in [0.15, 0.2) is 0 Å². The van der Waals surface area contributed by atoms with Gasteiger partial charge in [0, 0.05) is 18.5 Å². The van der Waals surface area contributed by atoms with Gasteiger partial charge in [0.05, 0.1) is 11.0 Å². The molecule has 0 saturated carbocycles. The van der Waals surface area contributed by atoms with Gasteiger partial charge in [-0.25, -0.2) is 8.42 Å². The van der Waals surface area contributed by atoms with E-state index in [0.717, 1.165) is 25.7 Å². The largest absolute Gasteiger partial charge is 0.337 e. The molecule has 0 aliphatic carbocycles. The molecule has 0 spiro atoms. The zero-order chi connectivity index (χ0) is 13.3. The van der Waals surface area contributed by atoms with Crippen molar-refractivity contribution in [2.45, 2.75) is 57.2 Å². The molecule has 18 heavy (non-hydrogen) atoms. The van der Waals surface area contributed by atoms with Crippen molar-refractivity contribution in [2.24, 2.45) is 5.92 Å². The van der Waals surface area contributed by atoms with Gasteiger partial charge in [0.15, 0.2) is 9.84 Å². The summed E-state index contributed by atoms with van der Waals surface area (Å²) in [4.78, 5) is 14.3. The van der Waals surface area contributed by atoms with Crippen molar-refractivity contribution in [1.29, 1.82) is 0 Å². The van der Waals surface area contributed by atoms with Crippen LogP contribution in [0.1, 0.15) is 46.0 Å². The topological polar surface area (TPSA) is 54.5 Å². The quantitative estimate of drug-likeness (QED) is 0.764. The second-order valence-corrected chi connectivity index (χ2v) is 7.93. The summed E-state index contributed by atoms with van der Waals surface area (Å²) in [5.74, 6) is 0.483. The second-order valence-electron chi connectivity index (χ2n) is 5.61. The van der Waals surface area contributed by atoms with Crippen molar-refractivity contribution in [3.8, 4) is 0 Å². The molecule has 104 valence electrons. The molecule has 2 bridgehead atoms. The van der Waals surface area contributed by atoms with Gasteiger partial charge < -0.3 is 4.90 Å². The molecule has 2 saturated heterocycles. The fourth-order valence-electron chi connectivity index (χ4n) is 3.29.